The number of benzene rings is 2. The van der Waals surface area contributed by atoms with Crippen LogP contribution in [-0.4, -0.2) is 18.0 Å². The van der Waals surface area contributed by atoms with Crippen LogP contribution >= 0.6 is 11.6 Å². The summed E-state index contributed by atoms with van der Waals surface area (Å²) in [5.74, 6) is 1.15. The van der Waals surface area contributed by atoms with Gasteiger partial charge in [0.15, 0.2) is 0 Å². The number of hydrogen-bond donors (Lipinski definition) is 2. The van der Waals surface area contributed by atoms with Crippen molar-refractivity contribution in [3.05, 3.63) is 83.0 Å². The number of halogens is 1. The first-order chi connectivity index (χ1) is 12.7. The standard InChI is InChI=1S/C20H18ClN3O2/c1-26-18-9-5-2-6-14(18)12-23-20(25)15-10-11-19(22-13-15)24-17-8-4-3-7-16(17)21/h2-11,13H,12H2,1H3,(H,22,24)(H,23,25). The number of aromatic nitrogens is 1. The average molecular weight is 368 g/mol. The highest BCUT2D eigenvalue weighted by atomic mass is 35.5. The predicted octanol–water partition coefficient (Wildman–Crippen LogP) is 4.42. The molecule has 2 N–H and O–H groups in total. The second kappa shape index (κ2) is 8.36. The highest BCUT2D eigenvalue weighted by molar-refractivity contribution is 6.33. The van der Waals surface area contributed by atoms with E-state index in [0.29, 0.717) is 22.9 Å². The molecule has 0 fully saturated rings. The van der Waals surface area contributed by atoms with Crippen molar-refractivity contribution in [2.75, 3.05) is 12.4 Å². The molecule has 5 nitrogen and oxygen atoms in total. The van der Waals surface area contributed by atoms with E-state index in [1.807, 2.05) is 42.5 Å². The van der Waals surface area contributed by atoms with Crippen molar-refractivity contribution < 1.29 is 9.53 Å². The summed E-state index contributed by atoms with van der Waals surface area (Å²) in [5.41, 5.74) is 2.15. The zero-order chi connectivity index (χ0) is 18.4. The van der Waals surface area contributed by atoms with Gasteiger partial charge in [0.1, 0.15) is 11.6 Å². The molecule has 132 valence electrons. The van der Waals surface area contributed by atoms with Crippen molar-refractivity contribution in [1.82, 2.24) is 10.3 Å². The van der Waals surface area contributed by atoms with Gasteiger partial charge in [-0.15, -0.1) is 0 Å². The quantitative estimate of drug-likeness (QED) is 0.677. The third kappa shape index (κ3) is 4.32. The van der Waals surface area contributed by atoms with Crippen LogP contribution in [0.4, 0.5) is 11.5 Å². The maximum atomic E-state index is 12.3. The number of carbonyl (C=O) groups is 1. The smallest absolute Gasteiger partial charge is 0.253 e. The molecule has 0 aliphatic rings. The number of para-hydroxylation sites is 2. The minimum atomic E-state index is -0.201. The van der Waals surface area contributed by atoms with Gasteiger partial charge in [0.05, 0.1) is 23.4 Å². The Labute approximate surface area is 157 Å². The third-order valence-corrected chi connectivity index (χ3v) is 4.12. The van der Waals surface area contributed by atoms with Crippen LogP contribution in [0.15, 0.2) is 66.9 Å². The number of nitrogens with zero attached hydrogens (tertiary/aromatic N) is 1. The maximum Gasteiger partial charge on any atom is 0.253 e. The summed E-state index contributed by atoms with van der Waals surface area (Å²) >= 11 is 6.12. The summed E-state index contributed by atoms with van der Waals surface area (Å²) in [5, 5.41) is 6.59. The van der Waals surface area contributed by atoms with E-state index in [0.717, 1.165) is 17.0 Å². The minimum absolute atomic E-state index is 0.201. The van der Waals surface area contributed by atoms with Crippen LogP contribution in [0.3, 0.4) is 0 Å². The number of ether oxygens (including phenoxy) is 1. The summed E-state index contributed by atoms with van der Waals surface area (Å²) < 4.78 is 5.28. The Hall–Kier alpha value is -3.05. The maximum absolute atomic E-state index is 12.3. The Morgan fingerprint density at radius 2 is 1.85 bits per heavy atom. The molecule has 0 saturated heterocycles. The summed E-state index contributed by atoms with van der Waals surface area (Å²) in [6, 6.07) is 18.4. The second-order valence-electron chi connectivity index (χ2n) is 5.53. The van der Waals surface area contributed by atoms with E-state index in [2.05, 4.69) is 15.6 Å². The summed E-state index contributed by atoms with van der Waals surface area (Å²) in [4.78, 5) is 16.6. The van der Waals surface area contributed by atoms with Gasteiger partial charge >= 0.3 is 0 Å². The van der Waals surface area contributed by atoms with E-state index in [1.54, 1.807) is 25.3 Å². The first-order valence-electron chi connectivity index (χ1n) is 8.05. The van der Waals surface area contributed by atoms with E-state index in [-0.39, 0.29) is 5.91 Å². The lowest BCUT2D eigenvalue weighted by atomic mass is 10.2. The predicted molar refractivity (Wildman–Crippen MR) is 103 cm³/mol. The summed E-state index contributed by atoms with van der Waals surface area (Å²) in [7, 11) is 1.61. The van der Waals surface area contributed by atoms with Crippen LogP contribution in [0.2, 0.25) is 5.02 Å². The van der Waals surface area contributed by atoms with E-state index >= 15 is 0 Å². The molecule has 3 rings (SSSR count). The molecule has 1 heterocycles. The number of amides is 1. The number of hydrogen-bond acceptors (Lipinski definition) is 4. The van der Waals surface area contributed by atoms with Crippen LogP contribution in [0.25, 0.3) is 0 Å². The van der Waals surface area contributed by atoms with Crippen LogP contribution in [0.1, 0.15) is 15.9 Å². The van der Waals surface area contributed by atoms with Crippen LogP contribution in [0.5, 0.6) is 5.75 Å². The highest BCUT2D eigenvalue weighted by Gasteiger charge is 2.08. The lowest BCUT2D eigenvalue weighted by Crippen LogP contribution is -2.23. The SMILES string of the molecule is COc1ccccc1CNC(=O)c1ccc(Nc2ccccc2Cl)nc1. The molecule has 0 bridgehead atoms. The van der Waals surface area contributed by atoms with Gasteiger partial charge in [-0.25, -0.2) is 4.98 Å². The Kier molecular flexibility index (Phi) is 5.71. The Morgan fingerprint density at radius 1 is 1.08 bits per heavy atom. The molecule has 0 unspecified atom stereocenters. The zero-order valence-electron chi connectivity index (χ0n) is 14.2. The molecular weight excluding hydrogens is 350 g/mol. The molecule has 2 aromatic carbocycles. The Bertz CT molecular complexity index is 898. The number of nitrogens with one attached hydrogen (secondary N) is 2. The topological polar surface area (TPSA) is 63.2 Å². The van der Waals surface area contributed by atoms with Gasteiger partial charge in [0.2, 0.25) is 0 Å². The van der Waals surface area contributed by atoms with Crippen molar-refractivity contribution >= 4 is 29.0 Å². The molecule has 0 radical (unpaired) electrons. The highest BCUT2D eigenvalue weighted by Crippen LogP contribution is 2.23. The molecule has 0 spiro atoms. The molecule has 0 aliphatic carbocycles. The van der Waals surface area contributed by atoms with Crippen molar-refractivity contribution in [2.45, 2.75) is 6.54 Å². The number of anilines is 2. The fourth-order valence-corrected chi connectivity index (χ4v) is 2.61. The zero-order valence-corrected chi connectivity index (χ0v) is 15.0. The molecule has 0 aliphatic heterocycles. The summed E-state index contributed by atoms with van der Waals surface area (Å²) in [6.45, 7) is 0.377. The fraction of sp³-hybridized carbons (Fsp3) is 0.100. The van der Waals surface area contributed by atoms with Crippen molar-refractivity contribution in [1.29, 1.82) is 0 Å². The van der Waals surface area contributed by atoms with Crippen molar-refractivity contribution in [2.24, 2.45) is 0 Å². The number of rotatable bonds is 6. The lowest BCUT2D eigenvalue weighted by Gasteiger charge is -2.10. The van der Waals surface area contributed by atoms with Gasteiger partial charge in [0.25, 0.3) is 5.91 Å². The van der Waals surface area contributed by atoms with E-state index in [1.165, 1.54) is 6.20 Å². The van der Waals surface area contributed by atoms with Crippen LogP contribution in [0, 0.1) is 0 Å². The van der Waals surface area contributed by atoms with Crippen molar-refractivity contribution in [3.8, 4) is 5.75 Å². The number of methoxy groups -OCH3 is 1. The molecular formula is C20H18ClN3O2. The number of pyridine rings is 1. The average Bonchev–Trinajstić information content (AvgIpc) is 2.68. The van der Waals surface area contributed by atoms with E-state index < -0.39 is 0 Å². The van der Waals surface area contributed by atoms with Crippen LogP contribution in [-0.2, 0) is 6.54 Å². The molecule has 1 aromatic heterocycles. The minimum Gasteiger partial charge on any atom is -0.496 e. The lowest BCUT2D eigenvalue weighted by molar-refractivity contribution is 0.0950. The largest absolute Gasteiger partial charge is 0.496 e. The monoisotopic (exact) mass is 367 g/mol. The van der Waals surface area contributed by atoms with Gasteiger partial charge in [-0.3, -0.25) is 4.79 Å². The number of carbonyl (C=O) groups excluding carboxylic acids is 1. The molecule has 26 heavy (non-hydrogen) atoms. The van der Waals surface area contributed by atoms with Crippen LogP contribution < -0.4 is 15.4 Å². The van der Waals surface area contributed by atoms with E-state index in [4.69, 9.17) is 16.3 Å². The second-order valence-corrected chi connectivity index (χ2v) is 5.94. The molecule has 0 atom stereocenters. The summed E-state index contributed by atoms with van der Waals surface area (Å²) in [6.07, 6.45) is 1.52. The molecule has 1 amide bonds. The first-order valence-corrected chi connectivity index (χ1v) is 8.43. The van der Waals surface area contributed by atoms with E-state index in [9.17, 15) is 4.79 Å². The fourth-order valence-electron chi connectivity index (χ4n) is 2.43. The van der Waals surface area contributed by atoms with Gasteiger partial charge < -0.3 is 15.4 Å². The molecule has 3 aromatic rings. The Morgan fingerprint density at radius 3 is 2.58 bits per heavy atom. The molecule has 6 heteroatoms. The normalized spacial score (nSPS) is 10.2. The Balaban J connectivity index is 1.63. The van der Waals surface area contributed by atoms with Gasteiger partial charge in [-0.1, -0.05) is 41.9 Å². The molecule has 0 saturated carbocycles. The third-order valence-electron chi connectivity index (χ3n) is 3.79. The first kappa shape index (κ1) is 17.8. The van der Waals surface area contributed by atoms with Crippen molar-refractivity contribution in [3.63, 3.8) is 0 Å². The van der Waals surface area contributed by atoms with Gasteiger partial charge in [0, 0.05) is 18.3 Å². The van der Waals surface area contributed by atoms with Gasteiger partial charge in [-0.05, 0) is 30.3 Å². The van der Waals surface area contributed by atoms with Gasteiger partial charge in [-0.2, -0.15) is 0 Å².